The van der Waals surface area contributed by atoms with Gasteiger partial charge in [-0.05, 0) is 47.2 Å². The van der Waals surface area contributed by atoms with Crippen molar-refractivity contribution in [2.75, 3.05) is 0 Å². The first kappa shape index (κ1) is 16.2. The van der Waals surface area contributed by atoms with Crippen molar-refractivity contribution in [1.82, 2.24) is 19.0 Å². The van der Waals surface area contributed by atoms with Crippen molar-refractivity contribution in [2.45, 2.75) is 39.5 Å². The number of aromatic nitrogens is 4. The maximum absolute atomic E-state index is 4.18. The summed E-state index contributed by atoms with van der Waals surface area (Å²) in [6.45, 7) is 8.78. The minimum atomic E-state index is 0.580. The quantitative estimate of drug-likeness (QED) is 0.525. The van der Waals surface area contributed by atoms with Crippen LogP contribution in [0.3, 0.4) is 0 Å². The maximum Gasteiger partial charge on any atom is 0.136 e. The summed E-state index contributed by atoms with van der Waals surface area (Å²) in [5, 5.41) is 4.14. The second kappa shape index (κ2) is 6.87. The Bertz CT molecular complexity index is 853. The molecule has 124 valence electrons. The molecule has 0 aliphatic carbocycles. The number of nitrogens with zero attached hydrogens (tertiary/aromatic N) is 4. The Kier molecular flexibility index (Phi) is 4.65. The summed E-state index contributed by atoms with van der Waals surface area (Å²) < 4.78 is 3.93. The smallest absolute Gasteiger partial charge is 0.136 e. The summed E-state index contributed by atoms with van der Waals surface area (Å²) in [6.07, 6.45) is 9.75. The Labute approximate surface area is 142 Å². The molecule has 0 N–H and O–H groups in total. The molecule has 0 aromatic carbocycles. The Hall–Kier alpha value is -2.62. The third-order valence-corrected chi connectivity index (χ3v) is 4.17. The van der Waals surface area contributed by atoms with E-state index >= 15 is 0 Å². The van der Waals surface area contributed by atoms with E-state index in [1.54, 1.807) is 0 Å². The molecule has 0 aliphatic heterocycles. The second-order valence-electron chi connectivity index (χ2n) is 6.63. The lowest BCUT2D eigenvalue weighted by atomic mass is 10.1. The van der Waals surface area contributed by atoms with Gasteiger partial charge in [-0.2, -0.15) is 5.10 Å². The van der Waals surface area contributed by atoms with Crippen molar-refractivity contribution in [3.05, 3.63) is 72.4 Å². The number of hydrogen-bond donors (Lipinski definition) is 0. The highest BCUT2D eigenvalue weighted by atomic mass is 15.2. The van der Waals surface area contributed by atoms with Crippen LogP contribution in [0.5, 0.6) is 0 Å². The molecule has 4 heterocycles. The topological polar surface area (TPSA) is 34.6 Å². The molecule has 4 rings (SSSR count). The Morgan fingerprint density at radius 2 is 1.62 bits per heavy atom. The molecular formula is C20H24N4. The summed E-state index contributed by atoms with van der Waals surface area (Å²) in [6, 6.07) is 10.5. The second-order valence-corrected chi connectivity index (χ2v) is 6.63. The number of imidazole rings is 1. The lowest BCUT2D eigenvalue weighted by Gasteiger charge is -2.04. The molecule has 0 saturated heterocycles. The van der Waals surface area contributed by atoms with E-state index in [2.05, 4.69) is 72.6 Å². The average molecular weight is 320 g/mol. The molecule has 24 heavy (non-hydrogen) atoms. The van der Waals surface area contributed by atoms with E-state index < -0.39 is 0 Å². The molecule has 4 nitrogen and oxygen atoms in total. The Morgan fingerprint density at radius 1 is 0.833 bits per heavy atom. The Morgan fingerprint density at radius 3 is 2.38 bits per heavy atom. The first-order valence-corrected chi connectivity index (χ1v) is 8.40. The molecule has 4 aromatic heterocycles. The van der Waals surface area contributed by atoms with Crippen LogP contribution >= 0.6 is 0 Å². The first-order valence-electron chi connectivity index (χ1n) is 8.40. The van der Waals surface area contributed by atoms with Crippen molar-refractivity contribution >= 4 is 11.2 Å². The molecule has 4 heteroatoms. The molecule has 0 atom stereocenters. The molecule has 0 fully saturated rings. The van der Waals surface area contributed by atoms with Crippen molar-refractivity contribution in [1.29, 1.82) is 0 Å². The normalized spacial score (nSPS) is 11.2. The van der Waals surface area contributed by atoms with Crippen LogP contribution in [-0.2, 0) is 0 Å². The van der Waals surface area contributed by atoms with E-state index in [4.69, 9.17) is 0 Å². The van der Waals surface area contributed by atoms with Gasteiger partial charge in [0.15, 0.2) is 0 Å². The van der Waals surface area contributed by atoms with Gasteiger partial charge in [-0.3, -0.25) is 0 Å². The summed E-state index contributed by atoms with van der Waals surface area (Å²) in [7, 11) is 0. The lowest BCUT2D eigenvalue weighted by Crippen LogP contribution is -1.91. The van der Waals surface area contributed by atoms with Gasteiger partial charge in [-0.1, -0.05) is 33.8 Å². The van der Waals surface area contributed by atoms with Crippen LogP contribution in [0.25, 0.3) is 11.2 Å². The standard InChI is InChI=1S/2C10H12N2/c1-8(2)9-4-6-12-10(7-9)3-5-11-12;1-8(2)9-3-4-10-11-5-6-12(10)7-9/h2*3-8H,1-2H3. The van der Waals surface area contributed by atoms with Gasteiger partial charge < -0.3 is 4.40 Å². The van der Waals surface area contributed by atoms with Crippen LogP contribution in [0.15, 0.2) is 61.3 Å². The zero-order valence-corrected chi connectivity index (χ0v) is 14.7. The van der Waals surface area contributed by atoms with Crippen molar-refractivity contribution < 1.29 is 0 Å². The zero-order chi connectivity index (χ0) is 17.1. The van der Waals surface area contributed by atoms with E-state index in [0.29, 0.717) is 11.8 Å². The molecule has 0 unspecified atom stereocenters. The van der Waals surface area contributed by atoms with E-state index in [1.807, 2.05) is 35.4 Å². The van der Waals surface area contributed by atoms with Crippen LogP contribution in [0.1, 0.15) is 50.7 Å². The number of rotatable bonds is 2. The zero-order valence-electron chi connectivity index (χ0n) is 14.7. The molecule has 0 amide bonds. The molecule has 4 aromatic rings. The van der Waals surface area contributed by atoms with E-state index in [9.17, 15) is 0 Å². The largest absolute Gasteiger partial charge is 0.307 e. The lowest BCUT2D eigenvalue weighted by molar-refractivity contribution is 0.854. The Balaban J connectivity index is 0.000000141. The number of fused-ring (bicyclic) bond motifs is 2. The van der Waals surface area contributed by atoms with Crippen LogP contribution in [0.4, 0.5) is 0 Å². The fraction of sp³-hybridized carbons (Fsp3) is 0.300. The van der Waals surface area contributed by atoms with Gasteiger partial charge in [0.25, 0.3) is 0 Å². The first-order chi connectivity index (χ1) is 11.5. The fourth-order valence-corrected chi connectivity index (χ4v) is 2.58. The van der Waals surface area contributed by atoms with Gasteiger partial charge in [0.2, 0.25) is 0 Å². The molecule has 0 spiro atoms. The predicted molar refractivity (Wildman–Crippen MR) is 98.6 cm³/mol. The minimum Gasteiger partial charge on any atom is -0.307 e. The van der Waals surface area contributed by atoms with Crippen LogP contribution in [0, 0.1) is 0 Å². The number of pyridine rings is 2. The summed E-state index contributed by atoms with van der Waals surface area (Å²) in [4.78, 5) is 4.18. The monoisotopic (exact) mass is 320 g/mol. The van der Waals surface area contributed by atoms with E-state index in [1.165, 1.54) is 16.6 Å². The molecular weight excluding hydrogens is 296 g/mol. The van der Waals surface area contributed by atoms with Gasteiger partial charge in [-0.15, -0.1) is 0 Å². The highest BCUT2D eigenvalue weighted by Gasteiger charge is 2.00. The van der Waals surface area contributed by atoms with Gasteiger partial charge in [-0.25, -0.2) is 9.50 Å². The predicted octanol–water partition coefficient (Wildman–Crippen LogP) is 4.92. The highest BCUT2D eigenvalue weighted by Crippen LogP contribution is 2.16. The van der Waals surface area contributed by atoms with Crippen LogP contribution in [0.2, 0.25) is 0 Å². The third-order valence-electron chi connectivity index (χ3n) is 4.17. The van der Waals surface area contributed by atoms with Crippen LogP contribution < -0.4 is 0 Å². The highest BCUT2D eigenvalue weighted by molar-refractivity contribution is 5.48. The maximum atomic E-state index is 4.18. The van der Waals surface area contributed by atoms with Crippen molar-refractivity contribution in [2.24, 2.45) is 0 Å². The van der Waals surface area contributed by atoms with Crippen molar-refractivity contribution in [3.63, 3.8) is 0 Å². The average Bonchev–Trinajstić information content (AvgIpc) is 3.22. The summed E-state index contributed by atoms with van der Waals surface area (Å²) >= 11 is 0. The molecule has 0 radical (unpaired) electrons. The fourth-order valence-electron chi connectivity index (χ4n) is 2.58. The van der Waals surface area contributed by atoms with Gasteiger partial charge >= 0.3 is 0 Å². The van der Waals surface area contributed by atoms with E-state index in [0.717, 1.165) is 5.65 Å². The van der Waals surface area contributed by atoms with E-state index in [-0.39, 0.29) is 0 Å². The summed E-state index contributed by atoms with van der Waals surface area (Å²) in [5.41, 5.74) is 4.89. The molecule has 0 saturated carbocycles. The SMILES string of the molecule is CC(C)c1ccc2nccn2c1.CC(C)c1ccn2nccc2c1. The summed E-state index contributed by atoms with van der Waals surface area (Å²) in [5.74, 6) is 1.17. The van der Waals surface area contributed by atoms with Crippen molar-refractivity contribution in [3.8, 4) is 0 Å². The molecule has 0 aliphatic rings. The number of hydrogen-bond acceptors (Lipinski definition) is 2. The van der Waals surface area contributed by atoms with Gasteiger partial charge in [0, 0.05) is 31.0 Å². The van der Waals surface area contributed by atoms with Crippen LogP contribution in [-0.4, -0.2) is 19.0 Å². The molecule has 0 bridgehead atoms. The third kappa shape index (κ3) is 3.48. The minimum absolute atomic E-state index is 0.580. The van der Waals surface area contributed by atoms with Gasteiger partial charge in [0.05, 0.1) is 5.52 Å². The van der Waals surface area contributed by atoms with Gasteiger partial charge in [0.1, 0.15) is 5.65 Å².